The molecule has 0 saturated carbocycles. The Morgan fingerprint density at radius 1 is 1.20 bits per heavy atom. The average Bonchev–Trinajstić information content (AvgIpc) is 3.30. The third-order valence-electron chi connectivity index (χ3n) is 3.98. The summed E-state index contributed by atoms with van der Waals surface area (Å²) in [6.45, 7) is 3.60. The first-order valence-corrected chi connectivity index (χ1v) is 8.19. The largest absolute Gasteiger partial charge is 0.382 e. The van der Waals surface area contributed by atoms with Gasteiger partial charge in [-0.15, -0.1) is 0 Å². The lowest BCUT2D eigenvalue weighted by atomic mass is 10.2. The van der Waals surface area contributed by atoms with Crippen molar-refractivity contribution in [1.29, 1.82) is 0 Å². The van der Waals surface area contributed by atoms with Gasteiger partial charge in [0.25, 0.3) is 0 Å². The highest BCUT2D eigenvalue weighted by Crippen LogP contribution is 2.29. The molecule has 0 fully saturated rings. The molecule has 0 atom stereocenters. The predicted molar refractivity (Wildman–Crippen MR) is 95.1 cm³/mol. The summed E-state index contributed by atoms with van der Waals surface area (Å²) in [5.74, 6) is 0. The molecule has 7 nitrogen and oxygen atoms in total. The molecule has 0 aliphatic carbocycles. The van der Waals surface area contributed by atoms with E-state index >= 15 is 0 Å². The van der Waals surface area contributed by atoms with Crippen LogP contribution in [0.5, 0.6) is 0 Å². The van der Waals surface area contributed by atoms with E-state index in [1.165, 1.54) is 0 Å². The van der Waals surface area contributed by atoms with Gasteiger partial charge in [-0.05, 0) is 31.5 Å². The van der Waals surface area contributed by atoms with Crippen molar-refractivity contribution in [3.8, 4) is 11.4 Å². The molecule has 0 spiro atoms. The second-order valence-corrected chi connectivity index (χ2v) is 5.80. The highest BCUT2D eigenvalue weighted by molar-refractivity contribution is 5.90. The number of nitrogens with one attached hydrogen (secondary N) is 1. The Morgan fingerprint density at radius 2 is 2.16 bits per heavy atom. The summed E-state index contributed by atoms with van der Waals surface area (Å²) in [5, 5.41) is 7.49. The van der Waals surface area contributed by atoms with Crippen molar-refractivity contribution in [2.75, 3.05) is 11.9 Å². The number of aryl methyl sites for hydroxylation is 2. The molecule has 0 radical (unpaired) electrons. The van der Waals surface area contributed by atoms with Crippen LogP contribution in [0.3, 0.4) is 0 Å². The molecule has 0 amide bonds. The van der Waals surface area contributed by atoms with E-state index < -0.39 is 0 Å². The SMILES string of the molecule is Cc1noc2c(NCCCn3ccnc3)cc(-c3ccccn3)nc12. The molecule has 4 heterocycles. The van der Waals surface area contributed by atoms with Crippen molar-refractivity contribution in [3.05, 3.63) is 54.9 Å². The first-order chi connectivity index (χ1) is 12.3. The first-order valence-electron chi connectivity index (χ1n) is 8.19. The maximum atomic E-state index is 5.46. The number of imidazole rings is 1. The van der Waals surface area contributed by atoms with Crippen LogP contribution < -0.4 is 5.32 Å². The molecule has 4 aromatic heterocycles. The number of nitrogens with zero attached hydrogens (tertiary/aromatic N) is 5. The van der Waals surface area contributed by atoms with Gasteiger partial charge >= 0.3 is 0 Å². The lowest BCUT2D eigenvalue weighted by Crippen LogP contribution is -2.06. The highest BCUT2D eigenvalue weighted by atomic mass is 16.5. The van der Waals surface area contributed by atoms with Gasteiger partial charge in [-0.25, -0.2) is 9.97 Å². The van der Waals surface area contributed by atoms with E-state index in [9.17, 15) is 0 Å². The first kappa shape index (κ1) is 15.3. The third kappa shape index (κ3) is 3.21. The minimum Gasteiger partial charge on any atom is -0.382 e. The van der Waals surface area contributed by atoms with E-state index in [1.54, 1.807) is 12.4 Å². The molecule has 0 unspecified atom stereocenters. The topological polar surface area (TPSA) is 81.7 Å². The smallest absolute Gasteiger partial charge is 0.208 e. The fraction of sp³-hybridized carbons (Fsp3) is 0.222. The Kier molecular flexibility index (Phi) is 4.12. The van der Waals surface area contributed by atoms with Gasteiger partial charge in [0.05, 0.1) is 23.4 Å². The van der Waals surface area contributed by atoms with Gasteiger partial charge in [0, 0.05) is 31.7 Å². The summed E-state index contributed by atoms with van der Waals surface area (Å²) >= 11 is 0. The number of anilines is 1. The van der Waals surface area contributed by atoms with Gasteiger partial charge in [0.1, 0.15) is 11.2 Å². The Hall–Kier alpha value is -3.22. The molecule has 7 heteroatoms. The molecule has 1 N–H and O–H groups in total. The van der Waals surface area contributed by atoms with Gasteiger partial charge in [-0.3, -0.25) is 4.98 Å². The third-order valence-corrected chi connectivity index (χ3v) is 3.98. The molecule has 0 aliphatic rings. The van der Waals surface area contributed by atoms with Gasteiger partial charge < -0.3 is 14.4 Å². The second kappa shape index (κ2) is 6.72. The zero-order valence-corrected chi connectivity index (χ0v) is 13.9. The van der Waals surface area contributed by atoms with E-state index in [0.717, 1.165) is 47.8 Å². The molecule has 4 rings (SSSR count). The Labute approximate surface area is 144 Å². The molecule has 0 saturated heterocycles. The van der Waals surface area contributed by atoms with E-state index in [2.05, 4.69) is 30.0 Å². The summed E-state index contributed by atoms with van der Waals surface area (Å²) in [6, 6.07) is 7.75. The molecule has 0 aromatic carbocycles. The van der Waals surface area contributed by atoms with E-state index in [4.69, 9.17) is 4.52 Å². The van der Waals surface area contributed by atoms with Gasteiger partial charge in [0.15, 0.2) is 0 Å². The average molecular weight is 334 g/mol. The van der Waals surface area contributed by atoms with Crippen LogP contribution >= 0.6 is 0 Å². The van der Waals surface area contributed by atoms with Crippen molar-refractivity contribution in [1.82, 2.24) is 24.7 Å². The summed E-state index contributed by atoms with van der Waals surface area (Å²) in [6.07, 6.45) is 8.30. The summed E-state index contributed by atoms with van der Waals surface area (Å²) in [5.41, 5.74) is 4.73. The van der Waals surface area contributed by atoms with Crippen LogP contribution in [0.2, 0.25) is 0 Å². The summed E-state index contributed by atoms with van der Waals surface area (Å²) < 4.78 is 7.52. The van der Waals surface area contributed by atoms with E-state index in [0.29, 0.717) is 5.58 Å². The van der Waals surface area contributed by atoms with Gasteiger partial charge in [-0.2, -0.15) is 0 Å². The fourth-order valence-electron chi connectivity index (χ4n) is 2.71. The standard InChI is InChI=1S/C18H18N6O/c1-13-17-18(25-23-13)16(21-7-4-9-24-10-8-19-12-24)11-15(22-17)14-5-2-3-6-20-14/h2-3,5-6,8,10-12H,4,7,9H2,1H3,(H,21,22). The number of rotatable bonds is 6. The number of hydrogen-bond acceptors (Lipinski definition) is 6. The Bertz CT molecular complexity index is 962. The second-order valence-electron chi connectivity index (χ2n) is 5.80. The lowest BCUT2D eigenvalue weighted by molar-refractivity contribution is 0.451. The molecular weight excluding hydrogens is 316 g/mol. The zero-order valence-electron chi connectivity index (χ0n) is 13.9. The molecule has 0 aliphatic heterocycles. The number of aromatic nitrogens is 5. The fourth-order valence-corrected chi connectivity index (χ4v) is 2.71. The zero-order chi connectivity index (χ0) is 17.1. The van der Waals surface area contributed by atoms with E-state index in [-0.39, 0.29) is 0 Å². The molecule has 0 bridgehead atoms. The van der Waals surface area contributed by atoms with Gasteiger partial charge in [-0.1, -0.05) is 11.2 Å². The quantitative estimate of drug-likeness (QED) is 0.545. The highest BCUT2D eigenvalue weighted by Gasteiger charge is 2.14. The van der Waals surface area contributed by atoms with Crippen molar-refractivity contribution in [2.24, 2.45) is 0 Å². The van der Waals surface area contributed by atoms with Crippen LogP contribution in [-0.4, -0.2) is 31.2 Å². The van der Waals surface area contributed by atoms with Crippen LogP contribution in [0.25, 0.3) is 22.5 Å². The van der Waals surface area contributed by atoms with Crippen LogP contribution in [0.4, 0.5) is 5.69 Å². The van der Waals surface area contributed by atoms with Crippen LogP contribution in [0.1, 0.15) is 12.1 Å². The normalized spacial score (nSPS) is 11.1. The van der Waals surface area contributed by atoms with E-state index in [1.807, 2.05) is 43.7 Å². The minimum atomic E-state index is 0.680. The van der Waals surface area contributed by atoms with Crippen LogP contribution in [0.15, 0.2) is 53.7 Å². The number of fused-ring (bicyclic) bond motifs is 1. The Balaban J connectivity index is 1.58. The number of pyridine rings is 2. The number of hydrogen-bond donors (Lipinski definition) is 1. The van der Waals surface area contributed by atoms with Crippen LogP contribution in [-0.2, 0) is 6.54 Å². The molecular formula is C18H18N6O. The van der Waals surface area contributed by atoms with Crippen LogP contribution in [0, 0.1) is 6.92 Å². The summed E-state index contributed by atoms with van der Waals surface area (Å²) in [4.78, 5) is 13.1. The van der Waals surface area contributed by atoms with Gasteiger partial charge in [0.2, 0.25) is 5.58 Å². The van der Waals surface area contributed by atoms with Crippen molar-refractivity contribution < 1.29 is 4.52 Å². The Morgan fingerprint density at radius 3 is 2.96 bits per heavy atom. The predicted octanol–water partition coefficient (Wildman–Crippen LogP) is 3.29. The van der Waals surface area contributed by atoms with Crippen molar-refractivity contribution >= 4 is 16.8 Å². The van der Waals surface area contributed by atoms with Crippen molar-refractivity contribution in [3.63, 3.8) is 0 Å². The minimum absolute atomic E-state index is 0.680. The molecule has 25 heavy (non-hydrogen) atoms. The molecule has 4 aromatic rings. The maximum Gasteiger partial charge on any atom is 0.208 e. The summed E-state index contributed by atoms with van der Waals surface area (Å²) in [7, 11) is 0. The molecule has 126 valence electrons. The van der Waals surface area contributed by atoms with Crippen molar-refractivity contribution in [2.45, 2.75) is 19.9 Å². The maximum absolute atomic E-state index is 5.46. The monoisotopic (exact) mass is 334 g/mol. The lowest BCUT2D eigenvalue weighted by Gasteiger charge is -2.09.